The van der Waals surface area contributed by atoms with Crippen LogP contribution in [-0.4, -0.2) is 25.8 Å². The maximum absolute atomic E-state index is 12.0. The number of hydrogen-bond acceptors (Lipinski definition) is 4. The van der Waals surface area contributed by atoms with Gasteiger partial charge in [0, 0.05) is 5.69 Å². The van der Waals surface area contributed by atoms with E-state index >= 15 is 0 Å². The van der Waals surface area contributed by atoms with E-state index in [4.69, 9.17) is 23.2 Å². The Hall–Kier alpha value is -1.79. The number of halogens is 2. The van der Waals surface area contributed by atoms with Crippen molar-refractivity contribution in [2.24, 2.45) is 0 Å². The zero-order valence-electron chi connectivity index (χ0n) is 9.84. The van der Waals surface area contributed by atoms with Gasteiger partial charge in [-0.15, -0.1) is 0 Å². The first kappa shape index (κ1) is 13.6. The van der Waals surface area contributed by atoms with Crippen LogP contribution in [0.3, 0.4) is 0 Å². The predicted octanol–water partition coefficient (Wildman–Crippen LogP) is 2.49. The summed E-state index contributed by atoms with van der Waals surface area (Å²) < 4.78 is 1.42. The van der Waals surface area contributed by atoms with E-state index in [-0.39, 0.29) is 21.7 Å². The summed E-state index contributed by atoms with van der Waals surface area (Å²) in [6, 6.07) is 2.29. The van der Waals surface area contributed by atoms with E-state index in [1.54, 1.807) is 6.92 Å². The molecule has 0 bridgehead atoms. The molecule has 2 aromatic rings. The number of hydrogen-bond donors (Lipinski definition) is 2. The molecule has 0 aliphatic rings. The van der Waals surface area contributed by atoms with E-state index in [0.717, 1.165) is 0 Å². The van der Waals surface area contributed by atoms with Gasteiger partial charge in [0.2, 0.25) is 5.91 Å². The Labute approximate surface area is 119 Å². The molecule has 0 fully saturated rings. The van der Waals surface area contributed by atoms with Crippen molar-refractivity contribution < 1.29 is 9.90 Å². The first-order valence-corrected chi connectivity index (χ1v) is 6.07. The minimum atomic E-state index is -0.533. The van der Waals surface area contributed by atoms with E-state index in [0.29, 0.717) is 5.69 Å². The molecule has 8 heteroatoms. The summed E-state index contributed by atoms with van der Waals surface area (Å²) in [5, 5.41) is 16.1. The second kappa shape index (κ2) is 5.46. The number of nitrogens with one attached hydrogen (secondary N) is 1. The third kappa shape index (κ3) is 2.97. The zero-order valence-corrected chi connectivity index (χ0v) is 11.4. The van der Waals surface area contributed by atoms with Gasteiger partial charge in [0.05, 0.1) is 10.0 Å². The molecule has 0 saturated carbocycles. The standard InChI is InChI=1S/C11H10Cl2N4O2/c1-6(17-5-14-4-15-17)11(19)16-7-2-8(12)10(18)9(13)3-7/h2-6,18H,1H3,(H,16,19). The molecule has 2 rings (SSSR count). The Kier molecular flexibility index (Phi) is 3.92. The first-order chi connectivity index (χ1) is 8.99. The lowest BCUT2D eigenvalue weighted by Crippen LogP contribution is -2.24. The maximum atomic E-state index is 12.0. The SMILES string of the molecule is CC(C(=O)Nc1cc(Cl)c(O)c(Cl)c1)n1cncn1. The van der Waals surface area contributed by atoms with Crippen molar-refractivity contribution in [1.82, 2.24) is 14.8 Å². The average molecular weight is 301 g/mol. The highest BCUT2D eigenvalue weighted by Gasteiger charge is 2.16. The van der Waals surface area contributed by atoms with Crippen LogP contribution in [-0.2, 0) is 4.79 Å². The van der Waals surface area contributed by atoms with Crippen LogP contribution in [0.4, 0.5) is 5.69 Å². The van der Waals surface area contributed by atoms with Crippen LogP contribution in [0.5, 0.6) is 5.75 Å². The van der Waals surface area contributed by atoms with Crippen LogP contribution >= 0.6 is 23.2 Å². The molecular formula is C11H10Cl2N4O2. The highest BCUT2D eigenvalue weighted by atomic mass is 35.5. The van der Waals surface area contributed by atoms with Crippen LogP contribution in [0, 0.1) is 0 Å². The van der Waals surface area contributed by atoms with Crippen LogP contribution < -0.4 is 5.32 Å². The van der Waals surface area contributed by atoms with Gasteiger partial charge in [0.1, 0.15) is 18.7 Å². The van der Waals surface area contributed by atoms with Crippen molar-refractivity contribution in [2.75, 3.05) is 5.32 Å². The van der Waals surface area contributed by atoms with Crippen LogP contribution in [0.1, 0.15) is 13.0 Å². The van der Waals surface area contributed by atoms with Gasteiger partial charge in [-0.2, -0.15) is 5.10 Å². The van der Waals surface area contributed by atoms with E-state index < -0.39 is 6.04 Å². The number of aromatic hydroxyl groups is 1. The molecule has 0 aliphatic heterocycles. The Morgan fingerprint density at radius 1 is 1.42 bits per heavy atom. The summed E-state index contributed by atoms with van der Waals surface area (Å²) in [5.41, 5.74) is 0.393. The van der Waals surface area contributed by atoms with Crippen molar-refractivity contribution in [3.8, 4) is 5.75 Å². The highest BCUT2D eigenvalue weighted by molar-refractivity contribution is 6.37. The Balaban J connectivity index is 2.15. The maximum Gasteiger partial charge on any atom is 0.249 e. The van der Waals surface area contributed by atoms with Crippen LogP contribution in [0.25, 0.3) is 0 Å². The second-order valence-corrected chi connectivity index (χ2v) is 4.64. The van der Waals surface area contributed by atoms with E-state index in [2.05, 4.69) is 15.4 Å². The minimum absolute atomic E-state index is 0.0659. The predicted molar refractivity (Wildman–Crippen MR) is 71.5 cm³/mol. The number of phenolic OH excluding ortho intramolecular Hbond substituents is 1. The number of anilines is 1. The average Bonchev–Trinajstić information content (AvgIpc) is 2.88. The second-order valence-electron chi connectivity index (χ2n) is 3.83. The van der Waals surface area contributed by atoms with Crippen molar-refractivity contribution in [3.63, 3.8) is 0 Å². The monoisotopic (exact) mass is 300 g/mol. The lowest BCUT2D eigenvalue weighted by atomic mass is 10.2. The zero-order chi connectivity index (χ0) is 14.0. The van der Waals surface area contributed by atoms with Gasteiger partial charge in [-0.25, -0.2) is 9.67 Å². The van der Waals surface area contributed by atoms with E-state index in [1.807, 2.05) is 0 Å². The fourth-order valence-corrected chi connectivity index (χ4v) is 1.91. The Morgan fingerprint density at radius 2 is 2.05 bits per heavy atom. The molecule has 0 aliphatic carbocycles. The van der Waals surface area contributed by atoms with Crippen molar-refractivity contribution in [3.05, 3.63) is 34.8 Å². The van der Waals surface area contributed by atoms with Gasteiger partial charge < -0.3 is 10.4 Å². The molecule has 1 unspecified atom stereocenters. The highest BCUT2D eigenvalue weighted by Crippen LogP contribution is 2.34. The molecule has 1 atom stereocenters. The number of benzene rings is 1. The third-order valence-corrected chi connectivity index (χ3v) is 3.07. The molecule has 1 aromatic carbocycles. The number of amides is 1. The number of aromatic nitrogens is 3. The number of carbonyl (C=O) groups is 1. The molecule has 0 saturated heterocycles. The molecule has 0 radical (unpaired) electrons. The van der Waals surface area contributed by atoms with Gasteiger partial charge in [-0.1, -0.05) is 23.2 Å². The third-order valence-electron chi connectivity index (χ3n) is 2.50. The van der Waals surface area contributed by atoms with E-state index in [1.165, 1.54) is 29.5 Å². The van der Waals surface area contributed by atoms with Crippen LogP contribution in [0.2, 0.25) is 10.0 Å². The summed E-state index contributed by atoms with van der Waals surface area (Å²) >= 11 is 11.5. The lowest BCUT2D eigenvalue weighted by Gasteiger charge is -2.13. The molecule has 1 heterocycles. The summed E-state index contributed by atoms with van der Waals surface area (Å²) in [6.45, 7) is 1.67. The summed E-state index contributed by atoms with van der Waals surface area (Å²) in [6.07, 6.45) is 2.79. The molecule has 0 spiro atoms. The van der Waals surface area contributed by atoms with Crippen molar-refractivity contribution >= 4 is 34.8 Å². The quantitative estimate of drug-likeness (QED) is 0.854. The molecule has 100 valence electrons. The van der Waals surface area contributed by atoms with Gasteiger partial charge in [0.15, 0.2) is 5.75 Å². The first-order valence-electron chi connectivity index (χ1n) is 5.32. The number of phenols is 1. The fourth-order valence-electron chi connectivity index (χ4n) is 1.42. The molecule has 19 heavy (non-hydrogen) atoms. The normalized spacial score (nSPS) is 12.2. The van der Waals surface area contributed by atoms with Gasteiger partial charge in [-0.3, -0.25) is 4.79 Å². The summed E-state index contributed by atoms with van der Waals surface area (Å²) in [5.74, 6) is -0.519. The molecular weight excluding hydrogens is 291 g/mol. The van der Waals surface area contributed by atoms with Gasteiger partial charge in [-0.05, 0) is 19.1 Å². The number of rotatable bonds is 3. The van der Waals surface area contributed by atoms with E-state index in [9.17, 15) is 9.90 Å². The Bertz CT molecular complexity index is 578. The number of carbonyl (C=O) groups excluding carboxylic acids is 1. The lowest BCUT2D eigenvalue weighted by molar-refractivity contribution is -0.119. The molecule has 1 aromatic heterocycles. The Morgan fingerprint density at radius 3 is 2.58 bits per heavy atom. The minimum Gasteiger partial charge on any atom is -0.505 e. The van der Waals surface area contributed by atoms with Crippen molar-refractivity contribution in [2.45, 2.75) is 13.0 Å². The molecule has 1 amide bonds. The smallest absolute Gasteiger partial charge is 0.249 e. The van der Waals surface area contributed by atoms with Gasteiger partial charge >= 0.3 is 0 Å². The molecule has 2 N–H and O–H groups in total. The fraction of sp³-hybridized carbons (Fsp3) is 0.182. The number of nitrogens with zero attached hydrogens (tertiary/aromatic N) is 3. The summed E-state index contributed by atoms with van der Waals surface area (Å²) in [7, 11) is 0. The van der Waals surface area contributed by atoms with Crippen molar-refractivity contribution in [1.29, 1.82) is 0 Å². The topological polar surface area (TPSA) is 80.0 Å². The largest absolute Gasteiger partial charge is 0.505 e. The van der Waals surface area contributed by atoms with Crippen LogP contribution in [0.15, 0.2) is 24.8 Å². The summed E-state index contributed by atoms with van der Waals surface area (Å²) in [4.78, 5) is 15.7. The van der Waals surface area contributed by atoms with Gasteiger partial charge in [0.25, 0.3) is 0 Å². The molecule has 6 nitrogen and oxygen atoms in total.